The number of piperidine rings is 3. The van der Waals surface area contributed by atoms with Crippen LogP contribution in [0.4, 0.5) is 19.4 Å². The number of imide groups is 1. The van der Waals surface area contributed by atoms with Crippen molar-refractivity contribution in [3.63, 3.8) is 0 Å². The minimum absolute atomic E-state index is 0.0123. The van der Waals surface area contributed by atoms with Crippen molar-refractivity contribution in [3.05, 3.63) is 81.9 Å². The number of halogens is 2. The number of carbonyl (C=O) groups is 3. The summed E-state index contributed by atoms with van der Waals surface area (Å²) < 4.78 is 64.6. The van der Waals surface area contributed by atoms with Crippen molar-refractivity contribution in [3.8, 4) is 34.5 Å². The topological polar surface area (TPSA) is 179 Å². The molecule has 0 saturated carbocycles. The number of anilines is 1. The summed E-state index contributed by atoms with van der Waals surface area (Å²) in [4.78, 5) is 75.8. The van der Waals surface area contributed by atoms with Gasteiger partial charge in [-0.15, -0.1) is 5.54 Å². The van der Waals surface area contributed by atoms with E-state index in [9.17, 15) is 19.2 Å². The van der Waals surface area contributed by atoms with Crippen molar-refractivity contribution in [1.82, 2.24) is 44.1 Å². The van der Waals surface area contributed by atoms with Gasteiger partial charge in [-0.25, -0.2) is 18.4 Å². The number of imidazole rings is 1. The number of amides is 3. The van der Waals surface area contributed by atoms with Crippen LogP contribution in [-0.4, -0.2) is 163 Å². The Kier molecular flexibility index (Phi) is 20.6. The van der Waals surface area contributed by atoms with Crippen LogP contribution >= 0.6 is 0 Å². The molecule has 12 rings (SSSR count). The fourth-order valence-electron chi connectivity index (χ4n) is 18.5. The van der Waals surface area contributed by atoms with E-state index in [0.717, 1.165) is 83.1 Å². The monoisotopic (exact) mass is 1360 g/mol. The molecule has 1 unspecified atom stereocenters. The first-order chi connectivity index (χ1) is 46.3. The van der Waals surface area contributed by atoms with Crippen LogP contribution in [0.2, 0.25) is 33.2 Å². The number of benzene rings is 3. The fraction of sp³-hybridized carbons (Fsp3) is 0.613. The number of aryl methyl sites for hydroxylation is 1. The average molecular weight is 1370 g/mol. The van der Waals surface area contributed by atoms with Crippen LogP contribution in [0.1, 0.15) is 170 Å². The van der Waals surface area contributed by atoms with Crippen molar-refractivity contribution in [2.75, 3.05) is 83.7 Å². The Morgan fingerprint density at radius 3 is 2.15 bits per heavy atom. The number of hydrogen-bond acceptors (Lipinski definition) is 14. The molecule has 18 nitrogen and oxygen atoms in total. The Balaban J connectivity index is 0.734. The van der Waals surface area contributed by atoms with E-state index in [-0.39, 0.29) is 88.3 Å². The average Bonchev–Trinajstić information content (AvgIpc) is 1.51. The molecule has 6 aromatic rings. The summed E-state index contributed by atoms with van der Waals surface area (Å²) >= 11 is 0. The molecule has 0 bridgehead atoms. The number of fused-ring (bicyclic) bond motifs is 4. The van der Waals surface area contributed by atoms with Gasteiger partial charge in [0.15, 0.2) is 5.82 Å². The van der Waals surface area contributed by atoms with Crippen LogP contribution in [-0.2, 0) is 26.1 Å². The molecule has 0 radical (unpaired) electrons. The van der Waals surface area contributed by atoms with Gasteiger partial charge in [-0.1, -0.05) is 101 Å². The van der Waals surface area contributed by atoms with Crippen LogP contribution in [0.5, 0.6) is 11.8 Å². The highest BCUT2D eigenvalue weighted by molar-refractivity contribution is 6.90. The molecule has 0 spiro atoms. The molecule has 522 valence electrons. The summed E-state index contributed by atoms with van der Waals surface area (Å²) in [6.07, 6.45) is 9.21. The van der Waals surface area contributed by atoms with Gasteiger partial charge in [0.1, 0.15) is 55.9 Å². The van der Waals surface area contributed by atoms with Crippen molar-refractivity contribution >= 4 is 72.8 Å². The quantitative estimate of drug-likeness (QED) is 0.0460. The van der Waals surface area contributed by atoms with E-state index in [0.29, 0.717) is 113 Å². The van der Waals surface area contributed by atoms with Gasteiger partial charge in [-0.2, -0.15) is 9.97 Å². The zero-order chi connectivity index (χ0) is 69.0. The number of ether oxygens (including phenoxy) is 3. The van der Waals surface area contributed by atoms with Gasteiger partial charge in [-0.3, -0.25) is 33.9 Å². The lowest BCUT2D eigenvalue weighted by Gasteiger charge is -2.42. The number of nitrogens with one attached hydrogen (secondary N) is 1. The highest BCUT2D eigenvalue weighted by Gasteiger charge is 2.51. The summed E-state index contributed by atoms with van der Waals surface area (Å²) in [5.41, 5.74) is 8.18. The molecule has 3 amide bonds. The van der Waals surface area contributed by atoms with Gasteiger partial charge in [0, 0.05) is 69.4 Å². The minimum Gasteiger partial charge on any atom is -0.543 e. The molecule has 6 fully saturated rings. The Morgan fingerprint density at radius 1 is 0.784 bits per heavy atom. The van der Waals surface area contributed by atoms with E-state index in [1.165, 1.54) is 16.2 Å². The third-order valence-corrected chi connectivity index (χ3v) is 35.8. The number of likely N-dealkylation sites (tertiary alicyclic amines) is 2. The smallest absolute Gasteiger partial charge is 0.409 e. The number of pyridine rings is 1. The first-order valence-electron chi connectivity index (χ1n) is 36.1. The summed E-state index contributed by atoms with van der Waals surface area (Å²) in [5, 5.41) is 3.99. The summed E-state index contributed by atoms with van der Waals surface area (Å²) in [5.74, 6) is 3.49. The van der Waals surface area contributed by atoms with E-state index < -0.39 is 40.0 Å². The third kappa shape index (κ3) is 13.3. The van der Waals surface area contributed by atoms with Gasteiger partial charge in [0.2, 0.25) is 11.8 Å². The predicted molar refractivity (Wildman–Crippen MR) is 383 cm³/mol. The highest BCUT2D eigenvalue weighted by Crippen LogP contribution is 2.48. The van der Waals surface area contributed by atoms with E-state index >= 15 is 8.78 Å². The standard InChI is InChI=1S/C75H102F2N10O8Si2/c1-46(2)96(47(3)4,48(5)6)38-26-58-61(76)17-15-55-39-57(95-97(49(7)8,50(9)10)51(11)12)41-59(66(55)58)68-67(77)69-60(42-78-68)70(84-34-36-92-37-35-84)81-72(80-69)94-45-75-27-14-29-86(75)56(21-28-75)44-93-74(91)85-32-22-52(23-33-85)43-83-30-24-53(25-31-83)54-16-18-62-64(40-54)82(13)73(90)87(62)63-19-20-65(88)79-71(63)89/h15-18,39-42,46-53,56,63H,14,19-25,27-37,43-45H2,1-13H3,(H,79,88,89)/t56-,63?,75-/m0/s1. The van der Waals surface area contributed by atoms with Gasteiger partial charge < -0.3 is 33.3 Å². The SMILES string of the molecule is CC(C)[Si](C#Cc1c(F)ccc2cc(O[Si](C(C)C)(C(C)C)C(C)C)cc(-c3ncc4c(N5CCOCC5)nc(OC[C@@]56CCCN5[C@H](COC(=O)N5CCC(CN7CCC(c8ccc9c(c8)n(C)c(=O)n9C8CCC(=O)NC8=O)CC7)CC5)CC6)nc4c3F)c12)(C(C)C)C(C)C. The van der Waals surface area contributed by atoms with Gasteiger partial charge in [0.05, 0.1) is 40.7 Å². The minimum atomic E-state index is -2.56. The molecule has 3 aromatic heterocycles. The zero-order valence-corrected chi connectivity index (χ0v) is 61.5. The first-order valence-corrected chi connectivity index (χ1v) is 40.5. The molecule has 0 aliphatic carbocycles. The molecule has 22 heteroatoms. The lowest BCUT2D eigenvalue weighted by atomic mass is 9.88. The largest absolute Gasteiger partial charge is 0.543 e. The van der Waals surface area contributed by atoms with Crippen LogP contribution in [0.25, 0.3) is 44.0 Å². The maximum atomic E-state index is 18.5. The maximum absolute atomic E-state index is 18.5. The van der Waals surface area contributed by atoms with Crippen molar-refractivity contribution in [2.45, 2.75) is 204 Å². The van der Waals surface area contributed by atoms with E-state index in [1.54, 1.807) is 23.9 Å². The van der Waals surface area contributed by atoms with E-state index in [1.807, 2.05) is 23.1 Å². The van der Waals surface area contributed by atoms with Crippen LogP contribution < -0.4 is 25.1 Å². The normalized spacial score (nSPS) is 21.4. The van der Waals surface area contributed by atoms with Crippen LogP contribution in [0.3, 0.4) is 0 Å². The number of rotatable bonds is 19. The van der Waals surface area contributed by atoms with Crippen molar-refractivity contribution in [1.29, 1.82) is 0 Å². The Bertz CT molecular complexity index is 4020. The van der Waals surface area contributed by atoms with Crippen molar-refractivity contribution in [2.24, 2.45) is 13.0 Å². The van der Waals surface area contributed by atoms with Crippen molar-refractivity contribution < 1.29 is 41.8 Å². The van der Waals surface area contributed by atoms with E-state index in [4.69, 9.17) is 33.6 Å². The second-order valence-corrected chi connectivity index (χ2v) is 41.6. The predicted octanol–water partition coefficient (Wildman–Crippen LogP) is 13.8. The number of hydrogen-bond donors (Lipinski definition) is 1. The molecule has 97 heavy (non-hydrogen) atoms. The Morgan fingerprint density at radius 2 is 1.48 bits per heavy atom. The summed E-state index contributed by atoms with van der Waals surface area (Å²) in [6.45, 7) is 34.5. The van der Waals surface area contributed by atoms with Crippen LogP contribution in [0, 0.1) is 29.0 Å². The second kappa shape index (κ2) is 28.5. The fourth-order valence-corrected chi connectivity index (χ4v) is 28.9. The summed E-state index contributed by atoms with van der Waals surface area (Å²) in [6, 6.07) is 12.6. The summed E-state index contributed by atoms with van der Waals surface area (Å²) in [7, 11) is -3.18. The Labute approximate surface area is 573 Å². The molecule has 3 atom stereocenters. The molecule has 9 heterocycles. The van der Waals surface area contributed by atoms with Crippen LogP contribution in [0.15, 0.2) is 53.5 Å². The van der Waals surface area contributed by atoms with E-state index in [2.05, 4.69) is 127 Å². The molecule has 6 aliphatic rings. The molecule has 6 aliphatic heterocycles. The molecule has 3 aromatic carbocycles. The number of nitrogens with zero attached hydrogens (tertiary/aromatic N) is 9. The number of morpholine rings is 1. The first kappa shape index (κ1) is 70.1. The second-order valence-electron chi connectivity index (χ2n) is 30.7. The van der Waals surface area contributed by atoms with Gasteiger partial charge >= 0.3 is 17.8 Å². The Hall–Kier alpha value is -6.78. The molecule has 6 saturated heterocycles. The lowest BCUT2D eigenvalue weighted by molar-refractivity contribution is -0.135. The van der Waals surface area contributed by atoms with Gasteiger partial charge in [-0.05, 0) is 164 Å². The molecular formula is C75H102F2N10O8Si2. The third-order valence-electron chi connectivity index (χ3n) is 23.5. The van der Waals surface area contributed by atoms with Gasteiger partial charge in [0.25, 0.3) is 8.32 Å². The maximum Gasteiger partial charge on any atom is 0.409 e. The number of aromatic nitrogens is 5. The molecular weight excluding hydrogens is 1260 g/mol. The zero-order valence-electron chi connectivity index (χ0n) is 59.5. The molecule has 1 N–H and O–H groups in total. The highest BCUT2D eigenvalue weighted by atomic mass is 28.4. The number of carbonyl (C=O) groups excluding carboxylic acids is 3. The lowest BCUT2D eigenvalue weighted by Crippen LogP contribution is -2.50.